The highest BCUT2D eigenvalue weighted by molar-refractivity contribution is 7.89. The molecule has 1 saturated heterocycles. The number of carbonyl (C=O) groups excluding carboxylic acids is 1. The van der Waals surface area contributed by atoms with Crippen LogP contribution < -0.4 is 4.74 Å². The highest BCUT2D eigenvalue weighted by Gasteiger charge is 2.30. The third-order valence-electron chi connectivity index (χ3n) is 4.82. The molecule has 6 nitrogen and oxygen atoms in total. The molecule has 1 aliphatic heterocycles. The van der Waals surface area contributed by atoms with Crippen molar-refractivity contribution in [2.24, 2.45) is 0 Å². The first-order valence-electron chi connectivity index (χ1n) is 8.60. The van der Waals surface area contributed by atoms with Crippen molar-refractivity contribution in [2.75, 3.05) is 26.2 Å². The molecule has 0 aromatic heterocycles. The molecule has 25 heavy (non-hydrogen) atoms. The molecule has 1 heterocycles. The highest BCUT2D eigenvalue weighted by atomic mass is 32.2. The number of hydrogen-bond acceptors (Lipinski definition) is 4. The second-order valence-corrected chi connectivity index (χ2v) is 8.46. The Labute approximate surface area is 147 Å². The van der Waals surface area contributed by atoms with Crippen molar-refractivity contribution in [2.45, 2.75) is 43.6 Å². The second-order valence-electron chi connectivity index (χ2n) is 6.53. The van der Waals surface area contributed by atoms with E-state index in [9.17, 15) is 17.6 Å². The summed E-state index contributed by atoms with van der Waals surface area (Å²) in [4.78, 5) is 12.9. The zero-order chi connectivity index (χ0) is 18.0. The van der Waals surface area contributed by atoms with Crippen molar-refractivity contribution in [1.82, 2.24) is 9.21 Å². The van der Waals surface area contributed by atoms with E-state index < -0.39 is 15.8 Å². The van der Waals surface area contributed by atoms with Gasteiger partial charge in [-0.25, -0.2) is 12.8 Å². The summed E-state index contributed by atoms with van der Waals surface area (Å²) in [6, 6.07) is 3.81. The van der Waals surface area contributed by atoms with Crippen LogP contribution in [0.4, 0.5) is 4.39 Å². The van der Waals surface area contributed by atoms with E-state index in [4.69, 9.17) is 4.74 Å². The Kier molecular flexibility index (Phi) is 5.29. The smallest absolute Gasteiger partial charge is 0.243 e. The van der Waals surface area contributed by atoms with Crippen LogP contribution in [0.2, 0.25) is 0 Å². The Morgan fingerprint density at radius 2 is 1.80 bits per heavy atom. The molecule has 0 radical (unpaired) electrons. The molecule has 0 unspecified atom stereocenters. The number of hydrogen-bond donors (Lipinski definition) is 0. The summed E-state index contributed by atoms with van der Waals surface area (Å²) in [5, 5.41) is 0. The number of nitrogens with zero attached hydrogens (tertiary/aromatic N) is 2. The van der Waals surface area contributed by atoms with Gasteiger partial charge >= 0.3 is 0 Å². The van der Waals surface area contributed by atoms with Gasteiger partial charge in [-0.15, -0.1) is 0 Å². The van der Waals surface area contributed by atoms with Gasteiger partial charge in [0.2, 0.25) is 15.9 Å². The number of ether oxygens (including phenoxy) is 1. The van der Waals surface area contributed by atoms with Crippen LogP contribution in [0, 0.1) is 5.82 Å². The lowest BCUT2D eigenvalue weighted by Gasteiger charge is -2.33. The molecule has 1 saturated carbocycles. The molecule has 2 aliphatic rings. The monoisotopic (exact) mass is 370 g/mol. The Morgan fingerprint density at radius 3 is 2.36 bits per heavy atom. The molecule has 1 amide bonds. The summed E-state index contributed by atoms with van der Waals surface area (Å²) >= 11 is 0. The van der Waals surface area contributed by atoms with Crippen LogP contribution in [0.5, 0.6) is 5.75 Å². The fraction of sp³-hybridized carbons (Fsp3) is 0.588. The van der Waals surface area contributed by atoms with Gasteiger partial charge in [-0.3, -0.25) is 4.79 Å². The first-order valence-corrected chi connectivity index (χ1v) is 10.0. The normalized spacial score (nSPS) is 20.0. The van der Waals surface area contributed by atoms with Gasteiger partial charge in [0.15, 0.2) is 11.6 Å². The maximum absolute atomic E-state index is 14.3. The lowest BCUT2D eigenvalue weighted by Crippen LogP contribution is -2.49. The van der Waals surface area contributed by atoms with Crippen LogP contribution in [-0.4, -0.2) is 55.8 Å². The van der Waals surface area contributed by atoms with Gasteiger partial charge in [-0.05, 0) is 43.9 Å². The molecule has 3 rings (SSSR count). The molecule has 2 fully saturated rings. The third-order valence-corrected chi connectivity index (χ3v) is 6.72. The van der Waals surface area contributed by atoms with Crippen molar-refractivity contribution < 1.29 is 22.3 Å². The fourth-order valence-electron chi connectivity index (χ4n) is 3.32. The lowest BCUT2D eigenvalue weighted by molar-refractivity contribution is -0.129. The zero-order valence-corrected chi connectivity index (χ0v) is 15.1. The molecular weight excluding hydrogens is 347 g/mol. The zero-order valence-electron chi connectivity index (χ0n) is 14.3. The maximum Gasteiger partial charge on any atom is 0.243 e. The van der Waals surface area contributed by atoms with Gasteiger partial charge in [0.1, 0.15) is 0 Å². The van der Waals surface area contributed by atoms with Crippen LogP contribution in [0.1, 0.15) is 32.6 Å². The molecule has 0 N–H and O–H groups in total. The van der Waals surface area contributed by atoms with Crippen molar-refractivity contribution in [3.05, 3.63) is 24.0 Å². The average molecular weight is 370 g/mol. The third kappa shape index (κ3) is 3.95. The quantitative estimate of drug-likeness (QED) is 0.813. The summed E-state index contributed by atoms with van der Waals surface area (Å²) in [5.41, 5.74) is 0. The highest BCUT2D eigenvalue weighted by Crippen LogP contribution is 2.28. The molecule has 138 valence electrons. The van der Waals surface area contributed by atoms with Gasteiger partial charge in [0, 0.05) is 33.1 Å². The van der Waals surface area contributed by atoms with Gasteiger partial charge in [-0.1, -0.05) is 0 Å². The summed E-state index contributed by atoms with van der Waals surface area (Å²) in [7, 11) is -3.78. The minimum absolute atomic E-state index is 0.0108. The Bertz CT molecular complexity index is 739. The second kappa shape index (κ2) is 7.29. The van der Waals surface area contributed by atoms with Crippen molar-refractivity contribution in [1.29, 1.82) is 0 Å². The standard InChI is InChI=1S/C17H23FN2O4S/c1-13(21)19-8-10-20(11-9-19)25(22,23)15-6-7-17(16(18)12-15)24-14-4-2-3-5-14/h6-7,12,14H,2-5,8-11H2,1H3. The predicted octanol–water partition coefficient (Wildman–Crippen LogP) is 2.00. The number of benzene rings is 1. The van der Waals surface area contributed by atoms with Gasteiger partial charge in [0.05, 0.1) is 11.0 Å². The van der Waals surface area contributed by atoms with Crippen LogP contribution in [-0.2, 0) is 14.8 Å². The van der Waals surface area contributed by atoms with Gasteiger partial charge in [-0.2, -0.15) is 4.31 Å². The van der Waals surface area contributed by atoms with Crippen LogP contribution >= 0.6 is 0 Å². The topological polar surface area (TPSA) is 66.9 Å². The summed E-state index contributed by atoms with van der Waals surface area (Å²) < 4.78 is 46.6. The van der Waals surface area contributed by atoms with Crippen LogP contribution in [0.15, 0.2) is 23.1 Å². The van der Waals surface area contributed by atoms with Gasteiger partial charge in [0.25, 0.3) is 0 Å². The van der Waals surface area contributed by atoms with E-state index in [1.807, 2.05) is 0 Å². The fourth-order valence-corrected chi connectivity index (χ4v) is 4.75. The predicted molar refractivity (Wildman–Crippen MR) is 90.3 cm³/mol. The molecular formula is C17H23FN2O4S. The number of carbonyl (C=O) groups is 1. The molecule has 1 aliphatic carbocycles. The molecule has 8 heteroatoms. The van der Waals surface area contributed by atoms with Crippen molar-refractivity contribution >= 4 is 15.9 Å². The summed E-state index contributed by atoms with van der Waals surface area (Å²) in [5.74, 6) is -0.626. The molecule has 1 aromatic carbocycles. The lowest BCUT2D eigenvalue weighted by atomic mass is 10.3. The van der Waals surface area contributed by atoms with Crippen LogP contribution in [0.25, 0.3) is 0 Å². The number of sulfonamides is 1. The number of halogens is 1. The SMILES string of the molecule is CC(=O)N1CCN(S(=O)(=O)c2ccc(OC3CCCC3)c(F)c2)CC1. The van der Waals surface area contributed by atoms with Gasteiger partial charge < -0.3 is 9.64 Å². The number of rotatable bonds is 4. The van der Waals surface area contributed by atoms with E-state index >= 15 is 0 Å². The molecule has 0 spiro atoms. The first kappa shape index (κ1) is 18.1. The Balaban J connectivity index is 1.72. The Hall–Kier alpha value is -1.67. The maximum atomic E-state index is 14.3. The minimum Gasteiger partial charge on any atom is -0.487 e. The molecule has 0 bridgehead atoms. The van der Waals surface area contributed by atoms with E-state index in [1.165, 1.54) is 23.4 Å². The summed E-state index contributed by atoms with van der Waals surface area (Å²) in [6.45, 7) is 2.58. The molecule has 1 aromatic rings. The van der Waals surface area contributed by atoms with E-state index in [2.05, 4.69) is 0 Å². The first-order chi connectivity index (χ1) is 11.9. The average Bonchev–Trinajstić information content (AvgIpc) is 3.09. The largest absolute Gasteiger partial charge is 0.487 e. The van der Waals surface area contributed by atoms with Crippen molar-refractivity contribution in [3.8, 4) is 5.75 Å². The van der Waals surface area contributed by atoms with Crippen molar-refractivity contribution in [3.63, 3.8) is 0 Å². The Morgan fingerprint density at radius 1 is 1.16 bits per heavy atom. The molecule has 0 atom stereocenters. The summed E-state index contributed by atoms with van der Waals surface area (Å²) in [6.07, 6.45) is 3.96. The van der Waals surface area contributed by atoms with E-state index in [1.54, 1.807) is 4.90 Å². The van der Waals surface area contributed by atoms with E-state index in [0.29, 0.717) is 13.1 Å². The van der Waals surface area contributed by atoms with E-state index in [-0.39, 0.29) is 35.7 Å². The minimum atomic E-state index is -3.78. The number of piperazine rings is 1. The van der Waals surface area contributed by atoms with Crippen LogP contribution in [0.3, 0.4) is 0 Å². The van der Waals surface area contributed by atoms with E-state index in [0.717, 1.165) is 31.7 Å². The number of amides is 1.